The van der Waals surface area contributed by atoms with Gasteiger partial charge < -0.3 is 4.90 Å². The Labute approximate surface area is 241 Å². The number of benzene rings is 3. The molecule has 0 spiro atoms. The van der Waals surface area contributed by atoms with Gasteiger partial charge in [0.15, 0.2) is 0 Å². The van der Waals surface area contributed by atoms with Gasteiger partial charge in [0, 0.05) is 40.4 Å². The van der Waals surface area contributed by atoms with E-state index in [-0.39, 0.29) is 19.1 Å². The highest BCUT2D eigenvalue weighted by Crippen LogP contribution is 2.20. The summed E-state index contributed by atoms with van der Waals surface area (Å²) in [6.45, 7) is 0.915. The summed E-state index contributed by atoms with van der Waals surface area (Å²) in [4.78, 5) is 20.4. The largest absolute Gasteiger partial charge is 0.334 e. The van der Waals surface area contributed by atoms with Crippen molar-refractivity contribution in [1.82, 2.24) is 19.9 Å². The minimum absolute atomic E-state index is 0.0129. The van der Waals surface area contributed by atoms with E-state index in [1.54, 1.807) is 11.2 Å². The lowest BCUT2D eigenvalue weighted by atomic mass is 9.98. The summed E-state index contributed by atoms with van der Waals surface area (Å²) in [5.41, 5.74) is 4.66. The molecule has 1 unspecified atom stereocenters. The molecule has 1 atom stereocenters. The van der Waals surface area contributed by atoms with Gasteiger partial charge in [-0.2, -0.15) is 0 Å². The Morgan fingerprint density at radius 3 is 1.80 bits per heavy atom. The SMILES string of the molecule is [2H]CN(Cc1ccccc1)N(Cc1ccccc1)C(=O)N(C)C(CCCc1ccccc1)CCCc1cccnc1. The average Bonchev–Trinajstić information content (AvgIpc) is 3.03. The van der Waals surface area contributed by atoms with E-state index in [1.807, 2.05) is 95.9 Å². The van der Waals surface area contributed by atoms with Crippen LogP contribution >= 0.6 is 0 Å². The van der Waals surface area contributed by atoms with Crippen LogP contribution in [0.5, 0.6) is 0 Å². The Morgan fingerprint density at radius 2 is 1.25 bits per heavy atom. The Kier molecular flexibility index (Phi) is 10.8. The molecule has 0 aliphatic rings. The van der Waals surface area contributed by atoms with Gasteiger partial charge in [0.25, 0.3) is 0 Å². The topological polar surface area (TPSA) is 39.7 Å². The van der Waals surface area contributed by atoms with Crippen LogP contribution in [-0.4, -0.2) is 46.0 Å². The molecular formula is C35H42N4O. The second kappa shape index (κ2) is 15.6. The molecule has 0 radical (unpaired) electrons. The van der Waals surface area contributed by atoms with Crippen molar-refractivity contribution in [2.45, 2.75) is 57.7 Å². The summed E-state index contributed by atoms with van der Waals surface area (Å²) < 4.78 is 8.37. The average molecular weight is 536 g/mol. The number of hydrazine groups is 1. The number of rotatable bonds is 14. The highest BCUT2D eigenvalue weighted by molar-refractivity contribution is 5.74. The molecule has 4 rings (SSSR count). The first-order valence-electron chi connectivity index (χ1n) is 14.9. The molecule has 1 heterocycles. The number of carbonyl (C=O) groups is 1. The van der Waals surface area contributed by atoms with E-state index in [1.165, 1.54) is 11.1 Å². The van der Waals surface area contributed by atoms with E-state index in [9.17, 15) is 4.79 Å². The van der Waals surface area contributed by atoms with Gasteiger partial charge in [-0.25, -0.2) is 9.80 Å². The zero-order valence-electron chi connectivity index (χ0n) is 24.6. The molecule has 5 nitrogen and oxygen atoms in total. The molecule has 5 heteroatoms. The number of amides is 2. The van der Waals surface area contributed by atoms with Crippen molar-refractivity contribution in [3.63, 3.8) is 0 Å². The van der Waals surface area contributed by atoms with Crippen LogP contribution < -0.4 is 0 Å². The van der Waals surface area contributed by atoms with Crippen molar-refractivity contribution < 1.29 is 6.17 Å². The normalized spacial score (nSPS) is 12.1. The van der Waals surface area contributed by atoms with Crippen LogP contribution in [0.1, 0.15) is 49.3 Å². The third-order valence-electron chi connectivity index (χ3n) is 7.37. The molecular weight excluding hydrogens is 492 g/mol. The number of hydrogen-bond donors (Lipinski definition) is 0. The first-order chi connectivity index (χ1) is 20.1. The van der Waals surface area contributed by atoms with Gasteiger partial charge in [0.2, 0.25) is 0 Å². The number of urea groups is 1. The quantitative estimate of drug-likeness (QED) is 0.158. The smallest absolute Gasteiger partial charge is 0.324 e. The standard InChI is InChI=1S/C35H42N4O/c1-37(28-32-17-8-4-9-18-32)39(29-33-19-10-5-11-20-33)35(40)38(2)34(24-12-21-30-15-6-3-7-16-30)25-13-22-31-23-14-26-36-27-31/h3-11,14-20,23,26-27,34H,12-13,21-22,24-25,28-29H2,1-2H3/i1D. The molecule has 2 amide bonds. The molecule has 3 aromatic carbocycles. The number of nitrogens with zero attached hydrogens (tertiary/aromatic N) is 4. The van der Waals surface area contributed by atoms with Gasteiger partial charge in [0.1, 0.15) is 0 Å². The third kappa shape index (κ3) is 9.06. The highest BCUT2D eigenvalue weighted by Gasteiger charge is 2.27. The van der Waals surface area contributed by atoms with Gasteiger partial charge >= 0.3 is 6.03 Å². The van der Waals surface area contributed by atoms with Crippen molar-refractivity contribution in [1.29, 1.82) is 0 Å². The number of carbonyl (C=O) groups excluding carboxylic acids is 1. The molecule has 0 saturated heterocycles. The molecule has 0 saturated carbocycles. The van der Waals surface area contributed by atoms with E-state index >= 15 is 0 Å². The summed E-state index contributed by atoms with van der Waals surface area (Å²) in [7, 11) is 1.92. The van der Waals surface area contributed by atoms with Crippen LogP contribution in [-0.2, 0) is 25.9 Å². The van der Waals surface area contributed by atoms with Crippen LogP contribution in [0.4, 0.5) is 4.79 Å². The molecule has 40 heavy (non-hydrogen) atoms. The zero-order valence-corrected chi connectivity index (χ0v) is 23.6. The van der Waals surface area contributed by atoms with Crippen LogP contribution in [0.2, 0.25) is 0 Å². The van der Waals surface area contributed by atoms with E-state index < -0.39 is 0 Å². The lowest BCUT2D eigenvalue weighted by molar-refractivity contribution is 0.00323. The predicted molar refractivity (Wildman–Crippen MR) is 163 cm³/mol. The first-order valence-corrected chi connectivity index (χ1v) is 14.2. The second-order valence-electron chi connectivity index (χ2n) is 10.4. The molecule has 0 aliphatic carbocycles. The van der Waals surface area contributed by atoms with Crippen molar-refractivity contribution in [3.8, 4) is 0 Å². The fraction of sp³-hybridized carbons (Fsp3) is 0.314. The Hall–Kier alpha value is -3.96. The Balaban J connectivity index is 1.51. The van der Waals surface area contributed by atoms with Crippen LogP contribution in [0, 0.1) is 0 Å². The third-order valence-corrected chi connectivity index (χ3v) is 7.37. The van der Waals surface area contributed by atoms with Gasteiger partial charge in [-0.15, -0.1) is 0 Å². The van der Waals surface area contributed by atoms with Crippen LogP contribution in [0.25, 0.3) is 0 Å². The van der Waals surface area contributed by atoms with Crippen molar-refractivity contribution in [2.24, 2.45) is 0 Å². The zero-order chi connectivity index (χ0) is 28.7. The van der Waals surface area contributed by atoms with E-state index in [0.717, 1.165) is 49.7 Å². The molecule has 0 aliphatic heterocycles. The second-order valence-corrected chi connectivity index (χ2v) is 10.4. The molecule has 0 bridgehead atoms. The monoisotopic (exact) mass is 535 g/mol. The van der Waals surface area contributed by atoms with E-state index in [0.29, 0.717) is 13.1 Å². The van der Waals surface area contributed by atoms with Crippen LogP contribution in [0.3, 0.4) is 0 Å². The van der Waals surface area contributed by atoms with E-state index in [4.69, 9.17) is 1.37 Å². The number of hydrogen-bond acceptors (Lipinski definition) is 3. The molecule has 208 valence electrons. The van der Waals surface area contributed by atoms with Gasteiger partial charge in [-0.1, -0.05) is 97.1 Å². The van der Waals surface area contributed by atoms with Crippen molar-refractivity contribution in [3.05, 3.63) is 138 Å². The van der Waals surface area contributed by atoms with Crippen molar-refractivity contribution in [2.75, 3.05) is 14.1 Å². The molecule has 4 aromatic rings. The maximum absolute atomic E-state index is 14.3. The van der Waals surface area contributed by atoms with Crippen LogP contribution in [0.15, 0.2) is 116 Å². The Morgan fingerprint density at radius 1 is 0.725 bits per heavy atom. The van der Waals surface area contributed by atoms with Crippen molar-refractivity contribution >= 4 is 6.03 Å². The summed E-state index contributed by atoms with van der Waals surface area (Å²) in [6.07, 6.45) is 9.46. The number of aryl methyl sites for hydroxylation is 2. The lowest BCUT2D eigenvalue weighted by Crippen LogP contribution is -2.51. The number of aromatic nitrogens is 1. The molecule has 0 fully saturated rings. The predicted octanol–water partition coefficient (Wildman–Crippen LogP) is 7.40. The fourth-order valence-corrected chi connectivity index (χ4v) is 5.07. The van der Waals surface area contributed by atoms with E-state index in [2.05, 4.69) is 35.3 Å². The minimum Gasteiger partial charge on any atom is -0.324 e. The lowest BCUT2D eigenvalue weighted by Gasteiger charge is -2.38. The maximum atomic E-state index is 14.3. The van der Waals surface area contributed by atoms with Gasteiger partial charge in [-0.3, -0.25) is 9.99 Å². The summed E-state index contributed by atoms with van der Waals surface area (Å²) in [5.74, 6) is 0. The fourth-order valence-electron chi connectivity index (χ4n) is 5.07. The molecule has 1 aromatic heterocycles. The van der Waals surface area contributed by atoms with Gasteiger partial charge in [0.05, 0.1) is 6.54 Å². The highest BCUT2D eigenvalue weighted by atomic mass is 16.2. The minimum atomic E-state index is -0.0666. The summed E-state index contributed by atoms with van der Waals surface area (Å²) in [5, 5.41) is 3.61. The summed E-state index contributed by atoms with van der Waals surface area (Å²) in [6, 6.07) is 34.8. The number of pyridine rings is 1. The Bertz CT molecular complexity index is 1230. The first kappa shape index (κ1) is 27.6. The summed E-state index contributed by atoms with van der Waals surface area (Å²) >= 11 is 0. The maximum Gasteiger partial charge on any atom is 0.334 e. The van der Waals surface area contributed by atoms with Gasteiger partial charge in [-0.05, 0) is 66.8 Å². The molecule has 0 N–H and O–H groups in total.